The van der Waals surface area contributed by atoms with Crippen LogP contribution < -0.4 is 4.90 Å². The van der Waals surface area contributed by atoms with Crippen LogP contribution in [0.5, 0.6) is 0 Å². The second-order valence-corrected chi connectivity index (χ2v) is 12.8. The summed E-state index contributed by atoms with van der Waals surface area (Å²) >= 11 is 0. The third kappa shape index (κ3) is 4.56. The highest BCUT2D eigenvalue weighted by molar-refractivity contribution is 6.26. The molecular weight excluding hydrogens is 609 g/mol. The maximum absolute atomic E-state index is 6.42. The number of pyridine rings is 1. The summed E-state index contributed by atoms with van der Waals surface area (Å²) in [5.41, 5.74) is 9.32. The first-order chi connectivity index (χ1) is 24.8. The van der Waals surface area contributed by atoms with E-state index in [1.807, 2.05) is 30.5 Å². The number of fused-ring (bicyclic) bond motifs is 9. The Morgan fingerprint density at radius 3 is 1.60 bits per heavy atom. The molecule has 0 saturated heterocycles. The number of furan rings is 1. The van der Waals surface area contributed by atoms with Crippen molar-refractivity contribution in [1.82, 2.24) is 4.98 Å². The van der Waals surface area contributed by atoms with Crippen LogP contribution >= 0.6 is 0 Å². The number of para-hydroxylation sites is 4. The molecule has 10 rings (SSSR count). The van der Waals surface area contributed by atoms with E-state index in [0.29, 0.717) is 0 Å². The number of anilines is 3. The van der Waals surface area contributed by atoms with Gasteiger partial charge in [-0.3, -0.25) is 4.98 Å². The zero-order valence-electron chi connectivity index (χ0n) is 27.1. The van der Waals surface area contributed by atoms with E-state index in [0.717, 1.165) is 61.4 Å². The van der Waals surface area contributed by atoms with Crippen LogP contribution in [-0.4, -0.2) is 4.98 Å². The summed E-state index contributed by atoms with van der Waals surface area (Å²) < 4.78 is 6.42. The van der Waals surface area contributed by atoms with Crippen molar-refractivity contribution in [1.29, 1.82) is 0 Å². The van der Waals surface area contributed by atoms with Gasteiger partial charge in [-0.25, -0.2) is 0 Å². The Morgan fingerprint density at radius 2 is 0.940 bits per heavy atom. The second kappa shape index (κ2) is 11.5. The monoisotopic (exact) mass is 638 g/mol. The zero-order chi connectivity index (χ0) is 33.0. The molecule has 0 aliphatic heterocycles. The summed E-state index contributed by atoms with van der Waals surface area (Å²) in [6.45, 7) is 0. The number of hydrogen-bond donors (Lipinski definition) is 0. The highest BCUT2D eigenvalue weighted by Gasteiger charge is 2.16. The molecule has 0 saturated carbocycles. The van der Waals surface area contributed by atoms with E-state index < -0.39 is 0 Å². The van der Waals surface area contributed by atoms with Gasteiger partial charge in [0.15, 0.2) is 0 Å². The number of aromatic nitrogens is 1. The van der Waals surface area contributed by atoms with Crippen LogP contribution in [0.4, 0.5) is 17.1 Å². The maximum Gasteiger partial charge on any atom is 0.143 e. The molecule has 0 aliphatic carbocycles. The zero-order valence-corrected chi connectivity index (χ0v) is 27.1. The normalized spacial score (nSPS) is 11.6. The van der Waals surface area contributed by atoms with Crippen LogP contribution in [0.1, 0.15) is 0 Å². The molecule has 0 aliphatic rings. The summed E-state index contributed by atoms with van der Waals surface area (Å²) in [5.74, 6) is 0. The quantitative estimate of drug-likeness (QED) is 0.176. The molecule has 2 heterocycles. The van der Waals surface area contributed by atoms with Gasteiger partial charge in [0.25, 0.3) is 0 Å². The standard InChI is InChI=1S/C47H30N2O/c1-3-12-33(13-4-1)49(34-14-5-2-6-15-34)35-24-27-45(48-30-35)32-23-26-40-39-25-22-31(28-43(39)37-16-7-8-17-38(37)44(40)29-32)36-19-11-20-42-41-18-9-10-21-46(41)50-47(36)42/h1-30H. The van der Waals surface area contributed by atoms with Gasteiger partial charge in [0, 0.05) is 33.3 Å². The number of benzene rings is 8. The van der Waals surface area contributed by atoms with Gasteiger partial charge >= 0.3 is 0 Å². The Balaban J connectivity index is 1.09. The predicted octanol–water partition coefficient (Wildman–Crippen LogP) is 13.2. The van der Waals surface area contributed by atoms with Crippen LogP contribution in [0.3, 0.4) is 0 Å². The topological polar surface area (TPSA) is 29.3 Å². The largest absolute Gasteiger partial charge is 0.455 e. The Labute approximate surface area is 289 Å². The van der Waals surface area contributed by atoms with Crippen LogP contribution in [0.2, 0.25) is 0 Å². The van der Waals surface area contributed by atoms with E-state index in [9.17, 15) is 0 Å². The van der Waals surface area contributed by atoms with Gasteiger partial charge in [0.05, 0.1) is 17.6 Å². The molecule has 2 aromatic heterocycles. The van der Waals surface area contributed by atoms with Crippen molar-refractivity contribution < 1.29 is 4.42 Å². The van der Waals surface area contributed by atoms with Crippen molar-refractivity contribution >= 4 is 71.3 Å². The SMILES string of the molecule is c1ccc(N(c2ccccc2)c2ccc(-c3ccc4c5ccc(-c6cccc7c6oc6ccccc67)cc5c5ccccc5c4c3)nc2)cc1. The van der Waals surface area contributed by atoms with Crippen LogP contribution in [0.25, 0.3) is 76.6 Å². The second-order valence-electron chi connectivity index (χ2n) is 12.8. The molecule has 234 valence electrons. The van der Waals surface area contributed by atoms with Crippen LogP contribution in [-0.2, 0) is 0 Å². The van der Waals surface area contributed by atoms with Gasteiger partial charge in [-0.05, 0) is 92.5 Å². The highest BCUT2D eigenvalue weighted by Crippen LogP contribution is 2.41. The molecule has 0 amide bonds. The molecule has 0 bridgehead atoms. The molecule has 0 unspecified atom stereocenters. The summed E-state index contributed by atoms with van der Waals surface area (Å²) in [6, 6.07) is 62.2. The minimum Gasteiger partial charge on any atom is -0.455 e. The molecule has 8 aromatic carbocycles. The van der Waals surface area contributed by atoms with E-state index >= 15 is 0 Å². The summed E-state index contributed by atoms with van der Waals surface area (Å²) in [5, 5.41) is 9.66. The Kier molecular flexibility index (Phi) is 6.49. The molecule has 0 spiro atoms. The van der Waals surface area contributed by atoms with Gasteiger partial charge in [-0.1, -0.05) is 121 Å². The predicted molar refractivity (Wildman–Crippen MR) is 210 cm³/mol. The van der Waals surface area contributed by atoms with Crippen molar-refractivity contribution in [2.24, 2.45) is 0 Å². The van der Waals surface area contributed by atoms with Gasteiger partial charge in [0.2, 0.25) is 0 Å². The third-order valence-electron chi connectivity index (χ3n) is 9.88. The molecule has 50 heavy (non-hydrogen) atoms. The molecule has 0 radical (unpaired) electrons. The Bertz CT molecular complexity index is 2800. The average molecular weight is 639 g/mol. The lowest BCUT2D eigenvalue weighted by Gasteiger charge is -2.25. The van der Waals surface area contributed by atoms with Gasteiger partial charge in [-0.2, -0.15) is 0 Å². The van der Waals surface area contributed by atoms with Crippen molar-refractivity contribution in [3.8, 4) is 22.4 Å². The lowest BCUT2D eigenvalue weighted by Crippen LogP contribution is -2.09. The van der Waals surface area contributed by atoms with E-state index in [-0.39, 0.29) is 0 Å². The minimum absolute atomic E-state index is 0.914. The molecule has 3 nitrogen and oxygen atoms in total. The summed E-state index contributed by atoms with van der Waals surface area (Å²) in [7, 11) is 0. The van der Waals surface area contributed by atoms with E-state index in [2.05, 4.69) is 157 Å². The average Bonchev–Trinajstić information content (AvgIpc) is 3.58. The lowest BCUT2D eigenvalue weighted by molar-refractivity contribution is 0.670. The smallest absolute Gasteiger partial charge is 0.143 e. The van der Waals surface area contributed by atoms with E-state index in [1.165, 1.54) is 32.3 Å². The van der Waals surface area contributed by atoms with E-state index in [4.69, 9.17) is 9.40 Å². The first-order valence-electron chi connectivity index (χ1n) is 17.0. The maximum atomic E-state index is 6.42. The Hall–Kier alpha value is -6.71. The summed E-state index contributed by atoms with van der Waals surface area (Å²) in [4.78, 5) is 7.24. The van der Waals surface area contributed by atoms with Crippen LogP contribution in [0.15, 0.2) is 187 Å². The van der Waals surface area contributed by atoms with Crippen molar-refractivity contribution in [2.45, 2.75) is 0 Å². The number of hydrogen-bond acceptors (Lipinski definition) is 3. The fraction of sp³-hybridized carbons (Fsp3) is 0. The van der Waals surface area contributed by atoms with Crippen molar-refractivity contribution in [2.75, 3.05) is 4.90 Å². The first-order valence-corrected chi connectivity index (χ1v) is 17.0. The van der Waals surface area contributed by atoms with Gasteiger partial charge in [0.1, 0.15) is 11.2 Å². The van der Waals surface area contributed by atoms with Crippen molar-refractivity contribution in [3.63, 3.8) is 0 Å². The third-order valence-corrected chi connectivity index (χ3v) is 9.88. The lowest BCUT2D eigenvalue weighted by atomic mass is 9.90. The minimum atomic E-state index is 0.914. The Morgan fingerprint density at radius 1 is 0.380 bits per heavy atom. The molecule has 0 fully saturated rings. The molecule has 0 N–H and O–H groups in total. The van der Waals surface area contributed by atoms with Crippen molar-refractivity contribution in [3.05, 3.63) is 182 Å². The van der Waals surface area contributed by atoms with Gasteiger partial charge in [-0.15, -0.1) is 0 Å². The number of rotatable bonds is 5. The van der Waals surface area contributed by atoms with E-state index in [1.54, 1.807) is 0 Å². The highest BCUT2D eigenvalue weighted by atomic mass is 16.3. The molecular formula is C47H30N2O. The fourth-order valence-corrected chi connectivity index (χ4v) is 7.55. The summed E-state index contributed by atoms with van der Waals surface area (Å²) in [6.07, 6.45) is 1.97. The molecule has 10 aromatic rings. The molecule has 3 heteroatoms. The first kappa shape index (κ1) is 28.3. The fourth-order valence-electron chi connectivity index (χ4n) is 7.55. The number of nitrogens with zero attached hydrogens (tertiary/aromatic N) is 2. The van der Waals surface area contributed by atoms with Crippen LogP contribution in [0, 0.1) is 0 Å². The molecule has 0 atom stereocenters. The van der Waals surface area contributed by atoms with Gasteiger partial charge < -0.3 is 9.32 Å².